The number of dihydropyridines is 1. The number of nitrogens with zero attached hydrogens (tertiary/aromatic N) is 2. The summed E-state index contributed by atoms with van der Waals surface area (Å²) >= 11 is 0. The fourth-order valence-electron chi connectivity index (χ4n) is 2.23. The number of aliphatic imine (C=N–C) groups is 2. The second-order valence-electron chi connectivity index (χ2n) is 4.38. The standard InChI is InChI=1S/C12H14N2O/c15-7-8-5-12(13-6-8)11-4-2-9-1-3-10(9)14-11/h2,4,6,9-10,15H,1,3,5,7H2. The molecule has 0 aromatic carbocycles. The molecule has 3 nitrogen and oxygen atoms in total. The molecule has 3 rings (SSSR count). The van der Waals surface area contributed by atoms with Crippen LogP contribution in [0, 0.1) is 5.92 Å². The Morgan fingerprint density at radius 2 is 2.33 bits per heavy atom. The van der Waals surface area contributed by atoms with Gasteiger partial charge in [0.05, 0.1) is 24.1 Å². The minimum atomic E-state index is 0.107. The summed E-state index contributed by atoms with van der Waals surface area (Å²) in [6.07, 6.45) is 9.37. The highest BCUT2D eigenvalue weighted by Gasteiger charge is 2.31. The van der Waals surface area contributed by atoms with E-state index < -0.39 is 0 Å². The Labute approximate surface area is 88.9 Å². The van der Waals surface area contributed by atoms with Gasteiger partial charge in [-0.2, -0.15) is 0 Å². The maximum atomic E-state index is 8.99. The third-order valence-corrected chi connectivity index (χ3v) is 3.39. The van der Waals surface area contributed by atoms with Gasteiger partial charge in [0.2, 0.25) is 0 Å². The summed E-state index contributed by atoms with van der Waals surface area (Å²) in [6, 6.07) is 0.505. The van der Waals surface area contributed by atoms with E-state index in [1.165, 1.54) is 12.8 Å². The third kappa shape index (κ3) is 1.47. The quantitative estimate of drug-likeness (QED) is 0.724. The molecule has 0 aromatic heterocycles. The molecule has 2 aliphatic heterocycles. The topological polar surface area (TPSA) is 45.0 Å². The molecule has 0 saturated heterocycles. The van der Waals surface area contributed by atoms with E-state index in [1.807, 2.05) is 0 Å². The highest BCUT2D eigenvalue weighted by Crippen LogP contribution is 2.34. The largest absolute Gasteiger partial charge is 0.392 e. The van der Waals surface area contributed by atoms with Crippen molar-refractivity contribution in [1.82, 2.24) is 0 Å². The second kappa shape index (κ2) is 3.42. The first kappa shape index (κ1) is 9.04. The van der Waals surface area contributed by atoms with E-state index in [9.17, 15) is 0 Å². The van der Waals surface area contributed by atoms with Crippen molar-refractivity contribution >= 4 is 11.4 Å². The lowest BCUT2D eigenvalue weighted by Crippen LogP contribution is -2.33. The summed E-state index contributed by atoms with van der Waals surface area (Å²) in [4.78, 5) is 8.99. The lowest BCUT2D eigenvalue weighted by molar-refractivity contribution is 0.317. The molecule has 1 N–H and O–H groups in total. The van der Waals surface area contributed by atoms with Gasteiger partial charge in [-0.25, -0.2) is 0 Å². The third-order valence-electron chi connectivity index (χ3n) is 3.39. The summed E-state index contributed by atoms with van der Waals surface area (Å²) in [6.45, 7) is 0.107. The van der Waals surface area contributed by atoms with Crippen molar-refractivity contribution in [2.24, 2.45) is 15.9 Å². The second-order valence-corrected chi connectivity index (χ2v) is 4.38. The Morgan fingerprint density at radius 1 is 1.40 bits per heavy atom. The lowest BCUT2D eigenvalue weighted by atomic mass is 9.78. The highest BCUT2D eigenvalue weighted by molar-refractivity contribution is 6.47. The SMILES string of the molecule is OCC1=CN=C(C2=NC3CCC3C=C2)C1. The Morgan fingerprint density at radius 3 is 2.93 bits per heavy atom. The number of aliphatic hydroxyl groups is 1. The molecule has 2 unspecified atom stereocenters. The summed E-state index contributed by atoms with van der Waals surface area (Å²) in [5, 5.41) is 8.99. The van der Waals surface area contributed by atoms with Crippen LogP contribution in [0.5, 0.6) is 0 Å². The predicted molar refractivity (Wildman–Crippen MR) is 60.3 cm³/mol. The molecule has 0 radical (unpaired) electrons. The number of hydrogen-bond acceptors (Lipinski definition) is 3. The molecule has 1 fully saturated rings. The number of allylic oxidation sites excluding steroid dienone is 1. The van der Waals surface area contributed by atoms with Gasteiger partial charge in [0.1, 0.15) is 0 Å². The maximum Gasteiger partial charge on any atom is 0.0793 e. The molecular formula is C12H14N2O. The Kier molecular flexibility index (Phi) is 2.06. The molecule has 78 valence electrons. The average Bonchev–Trinajstić information content (AvgIpc) is 2.68. The van der Waals surface area contributed by atoms with Gasteiger partial charge in [-0.15, -0.1) is 0 Å². The van der Waals surface area contributed by atoms with Crippen molar-refractivity contribution in [1.29, 1.82) is 0 Å². The zero-order chi connectivity index (χ0) is 10.3. The first-order chi connectivity index (χ1) is 7.36. The Bertz CT molecular complexity index is 404. The van der Waals surface area contributed by atoms with Crippen LogP contribution in [0.15, 0.2) is 33.9 Å². The van der Waals surface area contributed by atoms with Crippen molar-refractivity contribution < 1.29 is 5.11 Å². The monoisotopic (exact) mass is 202 g/mol. The van der Waals surface area contributed by atoms with Gasteiger partial charge >= 0.3 is 0 Å². The number of hydrogen-bond donors (Lipinski definition) is 1. The summed E-state index contributed by atoms with van der Waals surface area (Å²) < 4.78 is 0. The fraction of sp³-hybridized carbons (Fsp3) is 0.500. The molecule has 3 heteroatoms. The molecule has 1 saturated carbocycles. The number of fused-ring (bicyclic) bond motifs is 1. The number of rotatable bonds is 2. The van der Waals surface area contributed by atoms with Gasteiger partial charge in [0.25, 0.3) is 0 Å². The van der Waals surface area contributed by atoms with Crippen molar-refractivity contribution in [3.05, 3.63) is 23.9 Å². The van der Waals surface area contributed by atoms with Crippen molar-refractivity contribution in [3.63, 3.8) is 0 Å². The van der Waals surface area contributed by atoms with Gasteiger partial charge in [0, 0.05) is 12.6 Å². The number of aliphatic hydroxyl groups excluding tert-OH is 1. The van der Waals surface area contributed by atoms with E-state index in [0.717, 1.165) is 23.4 Å². The van der Waals surface area contributed by atoms with Crippen molar-refractivity contribution in [2.75, 3.05) is 6.61 Å². The summed E-state index contributed by atoms with van der Waals surface area (Å²) in [5.74, 6) is 0.682. The Balaban J connectivity index is 1.75. The van der Waals surface area contributed by atoms with E-state index in [4.69, 9.17) is 5.11 Å². The van der Waals surface area contributed by atoms with Crippen molar-refractivity contribution in [2.45, 2.75) is 25.3 Å². The van der Waals surface area contributed by atoms with E-state index in [-0.39, 0.29) is 6.61 Å². The first-order valence-corrected chi connectivity index (χ1v) is 5.48. The van der Waals surface area contributed by atoms with Crippen LogP contribution in [0.3, 0.4) is 0 Å². The van der Waals surface area contributed by atoms with Crippen LogP contribution in [-0.4, -0.2) is 29.2 Å². The van der Waals surface area contributed by atoms with Crippen LogP contribution in [0.2, 0.25) is 0 Å². The molecule has 1 aliphatic carbocycles. The molecule has 15 heavy (non-hydrogen) atoms. The maximum absolute atomic E-state index is 8.99. The lowest BCUT2D eigenvalue weighted by Gasteiger charge is -2.34. The molecule has 2 atom stereocenters. The molecule has 2 heterocycles. The predicted octanol–water partition coefficient (Wildman–Crippen LogP) is 1.50. The van der Waals surface area contributed by atoms with Crippen LogP contribution in [0.4, 0.5) is 0 Å². The zero-order valence-electron chi connectivity index (χ0n) is 8.56. The van der Waals surface area contributed by atoms with Gasteiger partial charge in [-0.1, -0.05) is 6.08 Å². The smallest absolute Gasteiger partial charge is 0.0793 e. The molecule has 0 spiro atoms. The molecule has 3 aliphatic rings. The Hall–Kier alpha value is -1.22. The van der Waals surface area contributed by atoms with E-state index in [2.05, 4.69) is 22.1 Å². The van der Waals surface area contributed by atoms with Crippen LogP contribution in [-0.2, 0) is 0 Å². The summed E-state index contributed by atoms with van der Waals surface area (Å²) in [5.41, 5.74) is 3.02. The van der Waals surface area contributed by atoms with E-state index in [1.54, 1.807) is 6.20 Å². The molecule has 0 aromatic rings. The highest BCUT2D eigenvalue weighted by atomic mass is 16.3. The zero-order valence-corrected chi connectivity index (χ0v) is 8.56. The van der Waals surface area contributed by atoms with Gasteiger partial charge in [-0.3, -0.25) is 9.98 Å². The minimum Gasteiger partial charge on any atom is -0.392 e. The van der Waals surface area contributed by atoms with Crippen LogP contribution >= 0.6 is 0 Å². The molecule has 0 bridgehead atoms. The van der Waals surface area contributed by atoms with Crippen LogP contribution < -0.4 is 0 Å². The normalized spacial score (nSPS) is 32.7. The van der Waals surface area contributed by atoms with Crippen LogP contribution in [0.25, 0.3) is 0 Å². The van der Waals surface area contributed by atoms with Gasteiger partial charge in [-0.05, 0) is 30.4 Å². The molecular weight excluding hydrogens is 188 g/mol. The molecule has 0 amide bonds. The first-order valence-electron chi connectivity index (χ1n) is 5.48. The fourth-order valence-corrected chi connectivity index (χ4v) is 2.23. The van der Waals surface area contributed by atoms with E-state index >= 15 is 0 Å². The van der Waals surface area contributed by atoms with E-state index in [0.29, 0.717) is 12.0 Å². The van der Waals surface area contributed by atoms with Gasteiger partial charge in [0.15, 0.2) is 0 Å². The summed E-state index contributed by atoms with van der Waals surface area (Å²) in [7, 11) is 0. The van der Waals surface area contributed by atoms with Crippen LogP contribution in [0.1, 0.15) is 19.3 Å². The minimum absolute atomic E-state index is 0.107. The average molecular weight is 202 g/mol. The van der Waals surface area contributed by atoms with Gasteiger partial charge < -0.3 is 5.11 Å². The van der Waals surface area contributed by atoms with Crippen molar-refractivity contribution in [3.8, 4) is 0 Å².